The molecule has 112 valence electrons. The summed E-state index contributed by atoms with van der Waals surface area (Å²) in [6.45, 7) is 5.29. The van der Waals surface area contributed by atoms with Crippen LogP contribution in [0.3, 0.4) is 0 Å². The number of hydrogen-bond acceptors (Lipinski definition) is 6. The second-order valence-electron chi connectivity index (χ2n) is 5.03. The molecule has 1 fully saturated rings. The number of carbonyl (C=O) groups excluding carboxylic acids is 1. The molecule has 0 bridgehead atoms. The predicted octanol–water partition coefficient (Wildman–Crippen LogP) is 1.86. The van der Waals surface area contributed by atoms with Gasteiger partial charge >= 0.3 is 0 Å². The molecule has 1 saturated heterocycles. The van der Waals surface area contributed by atoms with E-state index in [-0.39, 0.29) is 5.91 Å². The van der Waals surface area contributed by atoms with Crippen molar-refractivity contribution in [1.29, 1.82) is 0 Å². The number of likely N-dealkylation sites (tertiary alicyclic amines) is 1. The fraction of sp³-hybridized carbons (Fsp3) is 0.769. The van der Waals surface area contributed by atoms with Crippen LogP contribution in [0.2, 0.25) is 0 Å². The molecule has 1 aliphatic heterocycles. The van der Waals surface area contributed by atoms with Crippen molar-refractivity contribution in [3.05, 3.63) is 5.01 Å². The van der Waals surface area contributed by atoms with Crippen molar-refractivity contribution in [2.45, 2.75) is 26.2 Å². The normalized spacial score (nSPS) is 16.4. The second kappa shape index (κ2) is 7.54. The van der Waals surface area contributed by atoms with Gasteiger partial charge in [-0.15, -0.1) is 10.2 Å². The zero-order chi connectivity index (χ0) is 14.4. The number of anilines is 1. The van der Waals surface area contributed by atoms with Gasteiger partial charge in [-0.2, -0.15) is 0 Å². The van der Waals surface area contributed by atoms with Crippen LogP contribution in [0.15, 0.2) is 0 Å². The minimum Gasteiger partial charge on any atom is -0.384 e. The number of nitrogens with one attached hydrogen (secondary N) is 1. The number of amides is 1. The highest BCUT2D eigenvalue weighted by Crippen LogP contribution is 2.22. The Labute approximate surface area is 123 Å². The smallest absolute Gasteiger partial charge is 0.284 e. The molecule has 0 spiro atoms. The number of piperidine rings is 1. The van der Waals surface area contributed by atoms with Gasteiger partial charge in [-0.3, -0.25) is 4.79 Å². The number of ether oxygens (including phenoxy) is 1. The fourth-order valence-corrected chi connectivity index (χ4v) is 3.02. The predicted molar refractivity (Wildman–Crippen MR) is 79.2 cm³/mol. The number of methoxy groups -OCH3 is 1. The van der Waals surface area contributed by atoms with Gasteiger partial charge in [0.1, 0.15) is 0 Å². The van der Waals surface area contributed by atoms with Gasteiger partial charge < -0.3 is 15.0 Å². The number of aromatic nitrogens is 2. The van der Waals surface area contributed by atoms with Crippen molar-refractivity contribution in [1.82, 2.24) is 15.1 Å². The maximum absolute atomic E-state index is 12.3. The van der Waals surface area contributed by atoms with Gasteiger partial charge in [-0.25, -0.2) is 0 Å². The summed E-state index contributed by atoms with van der Waals surface area (Å²) in [5.74, 6) is 0.572. The number of nitrogens with zero attached hydrogens (tertiary/aromatic N) is 3. The first-order chi connectivity index (χ1) is 9.74. The summed E-state index contributed by atoms with van der Waals surface area (Å²) >= 11 is 1.34. The van der Waals surface area contributed by atoms with Gasteiger partial charge in [0, 0.05) is 33.4 Å². The number of carbonyl (C=O) groups is 1. The van der Waals surface area contributed by atoms with Crippen LogP contribution < -0.4 is 5.32 Å². The van der Waals surface area contributed by atoms with E-state index in [9.17, 15) is 4.79 Å². The minimum atomic E-state index is 0.00270. The van der Waals surface area contributed by atoms with Crippen molar-refractivity contribution in [3.8, 4) is 0 Å². The van der Waals surface area contributed by atoms with Crippen molar-refractivity contribution >= 4 is 22.4 Å². The summed E-state index contributed by atoms with van der Waals surface area (Å²) in [5, 5.41) is 12.4. The molecule has 2 rings (SSSR count). The van der Waals surface area contributed by atoms with Crippen LogP contribution in [-0.2, 0) is 4.74 Å². The molecule has 1 aliphatic rings. The zero-order valence-electron chi connectivity index (χ0n) is 12.1. The lowest BCUT2D eigenvalue weighted by atomic mass is 9.98. The van der Waals surface area contributed by atoms with Crippen LogP contribution in [0.4, 0.5) is 5.13 Å². The highest BCUT2D eigenvalue weighted by molar-refractivity contribution is 7.17. The van der Waals surface area contributed by atoms with Gasteiger partial charge in [-0.1, -0.05) is 18.3 Å². The number of rotatable bonds is 6. The van der Waals surface area contributed by atoms with E-state index in [1.807, 2.05) is 4.90 Å². The molecule has 1 aromatic heterocycles. The minimum absolute atomic E-state index is 0.00270. The van der Waals surface area contributed by atoms with E-state index in [0.717, 1.165) is 50.6 Å². The van der Waals surface area contributed by atoms with E-state index >= 15 is 0 Å². The van der Waals surface area contributed by atoms with E-state index in [0.29, 0.717) is 10.9 Å². The largest absolute Gasteiger partial charge is 0.384 e. The van der Waals surface area contributed by atoms with Crippen LogP contribution in [0.25, 0.3) is 0 Å². The van der Waals surface area contributed by atoms with E-state index in [4.69, 9.17) is 4.74 Å². The quantitative estimate of drug-likeness (QED) is 0.868. The molecule has 1 aromatic rings. The zero-order valence-corrected chi connectivity index (χ0v) is 12.9. The van der Waals surface area contributed by atoms with E-state index in [1.54, 1.807) is 7.11 Å². The molecule has 2 heterocycles. The van der Waals surface area contributed by atoms with Crippen LogP contribution in [0.5, 0.6) is 0 Å². The standard InChI is InChI=1S/C13H22N4O2S/c1-3-6-14-13-16-15-11(20-13)12(18)17-7-4-10(5-8-17)9-19-2/h10H,3-9H2,1-2H3,(H,14,16). The molecule has 0 radical (unpaired) electrons. The Morgan fingerprint density at radius 2 is 2.20 bits per heavy atom. The van der Waals surface area contributed by atoms with Crippen LogP contribution in [-0.4, -0.2) is 54.4 Å². The molecular formula is C13H22N4O2S. The first-order valence-electron chi connectivity index (χ1n) is 7.10. The van der Waals surface area contributed by atoms with Crippen molar-refractivity contribution in [2.24, 2.45) is 5.92 Å². The molecule has 0 aliphatic carbocycles. The van der Waals surface area contributed by atoms with Crippen molar-refractivity contribution in [3.63, 3.8) is 0 Å². The summed E-state index contributed by atoms with van der Waals surface area (Å²) in [7, 11) is 1.73. The SMILES string of the molecule is CCCNc1nnc(C(=O)N2CCC(COC)CC2)s1. The van der Waals surface area contributed by atoms with E-state index in [1.165, 1.54) is 11.3 Å². The third-order valence-corrected chi connectivity index (χ3v) is 4.31. The van der Waals surface area contributed by atoms with Gasteiger partial charge in [0.15, 0.2) is 0 Å². The van der Waals surface area contributed by atoms with Crippen LogP contribution in [0, 0.1) is 5.92 Å². The van der Waals surface area contributed by atoms with E-state index in [2.05, 4.69) is 22.4 Å². The highest BCUT2D eigenvalue weighted by Gasteiger charge is 2.25. The molecule has 6 nitrogen and oxygen atoms in total. The Morgan fingerprint density at radius 3 is 2.85 bits per heavy atom. The molecule has 1 N–H and O–H groups in total. The molecule has 0 unspecified atom stereocenters. The van der Waals surface area contributed by atoms with Crippen molar-refractivity contribution < 1.29 is 9.53 Å². The van der Waals surface area contributed by atoms with Gasteiger partial charge in [0.05, 0.1) is 0 Å². The molecule has 0 atom stereocenters. The Bertz CT molecular complexity index is 430. The maximum atomic E-state index is 12.3. The van der Waals surface area contributed by atoms with Gasteiger partial charge in [0.25, 0.3) is 5.91 Å². The highest BCUT2D eigenvalue weighted by atomic mass is 32.1. The molecule has 20 heavy (non-hydrogen) atoms. The molecule has 0 saturated carbocycles. The Morgan fingerprint density at radius 1 is 1.45 bits per heavy atom. The lowest BCUT2D eigenvalue weighted by Gasteiger charge is -2.30. The van der Waals surface area contributed by atoms with Crippen LogP contribution in [0.1, 0.15) is 36.0 Å². The Balaban J connectivity index is 1.87. The van der Waals surface area contributed by atoms with Gasteiger partial charge in [0.2, 0.25) is 10.1 Å². The topological polar surface area (TPSA) is 67.4 Å². The fourth-order valence-electron chi connectivity index (χ4n) is 2.29. The molecular weight excluding hydrogens is 276 g/mol. The summed E-state index contributed by atoms with van der Waals surface area (Å²) in [5.41, 5.74) is 0. The summed E-state index contributed by atoms with van der Waals surface area (Å²) in [6, 6.07) is 0. The average Bonchev–Trinajstić information content (AvgIpc) is 2.94. The monoisotopic (exact) mass is 298 g/mol. The third kappa shape index (κ3) is 3.89. The number of hydrogen-bond donors (Lipinski definition) is 1. The third-order valence-electron chi connectivity index (χ3n) is 3.44. The molecule has 1 amide bonds. The summed E-state index contributed by atoms with van der Waals surface area (Å²) in [4.78, 5) is 14.2. The summed E-state index contributed by atoms with van der Waals surface area (Å²) in [6.07, 6.45) is 3.02. The lowest BCUT2D eigenvalue weighted by molar-refractivity contribution is 0.0612. The maximum Gasteiger partial charge on any atom is 0.284 e. The van der Waals surface area contributed by atoms with Gasteiger partial charge in [-0.05, 0) is 25.2 Å². The van der Waals surface area contributed by atoms with Crippen molar-refractivity contribution in [2.75, 3.05) is 38.7 Å². The van der Waals surface area contributed by atoms with E-state index < -0.39 is 0 Å². The van der Waals surface area contributed by atoms with Crippen LogP contribution >= 0.6 is 11.3 Å². The molecule has 0 aromatic carbocycles. The first-order valence-corrected chi connectivity index (χ1v) is 7.91. The Hall–Kier alpha value is -1.21. The average molecular weight is 298 g/mol. The molecule has 7 heteroatoms. The Kier molecular flexibility index (Phi) is 5.72. The summed E-state index contributed by atoms with van der Waals surface area (Å²) < 4.78 is 5.17. The lowest BCUT2D eigenvalue weighted by Crippen LogP contribution is -2.39. The first kappa shape index (κ1) is 15.2. The second-order valence-corrected chi connectivity index (χ2v) is 6.01.